The number of hydrogen-bond donors (Lipinski definition) is 1. The van der Waals surface area contributed by atoms with Crippen LogP contribution in [0.15, 0.2) is 37.1 Å². The van der Waals surface area contributed by atoms with Crippen LogP contribution in [0.3, 0.4) is 0 Å². The van der Waals surface area contributed by atoms with Crippen molar-refractivity contribution in [3.8, 4) is 17.1 Å². The molecule has 0 fully saturated rings. The molecule has 4 rings (SSSR count). The Balaban J connectivity index is 2.13. The highest BCUT2D eigenvalue weighted by Gasteiger charge is 2.20. The standard InChI is InChI=1S/C12H10N6/c13-8-1-2-10-11(3-8)17-7-14-4-9(17)5-18-12(10)15-6-16-18/h1-4,6-7H,5,13H2. The van der Waals surface area contributed by atoms with Crippen molar-refractivity contribution in [1.29, 1.82) is 0 Å². The van der Waals surface area contributed by atoms with Gasteiger partial charge < -0.3 is 10.3 Å². The van der Waals surface area contributed by atoms with Crippen molar-refractivity contribution in [3.05, 3.63) is 42.7 Å². The summed E-state index contributed by atoms with van der Waals surface area (Å²) in [5, 5.41) is 4.25. The predicted octanol–water partition coefficient (Wildman–Crippen LogP) is 1.07. The van der Waals surface area contributed by atoms with E-state index in [0.717, 1.165) is 28.5 Å². The van der Waals surface area contributed by atoms with Crippen LogP contribution < -0.4 is 5.73 Å². The zero-order valence-electron chi connectivity index (χ0n) is 9.48. The fourth-order valence-corrected chi connectivity index (χ4v) is 2.34. The van der Waals surface area contributed by atoms with Crippen LogP contribution in [0.4, 0.5) is 5.69 Å². The molecule has 3 aromatic rings. The summed E-state index contributed by atoms with van der Waals surface area (Å²) in [6.45, 7) is 0.657. The van der Waals surface area contributed by atoms with Gasteiger partial charge in [-0.2, -0.15) is 5.10 Å². The Morgan fingerprint density at radius 2 is 2.22 bits per heavy atom. The first-order chi connectivity index (χ1) is 8.83. The molecule has 2 N–H and O–H groups in total. The maximum Gasteiger partial charge on any atom is 0.160 e. The molecule has 6 nitrogen and oxygen atoms in total. The summed E-state index contributed by atoms with van der Waals surface area (Å²) in [5.41, 5.74) is 9.67. The minimum Gasteiger partial charge on any atom is -0.399 e. The van der Waals surface area contributed by atoms with E-state index in [2.05, 4.69) is 15.1 Å². The Morgan fingerprint density at radius 3 is 3.17 bits per heavy atom. The van der Waals surface area contributed by atoms with Crippen LogP contribution in [0.25, 0.3) is 17.1 Å². The summed E-state index contributed by atoms with van der Waals surface area (Å²) in [4.78, 5) is 8.52. The quantitative estimate of drug-likeness (QED) is 0.465. The van der Waals surface area contributed by atoms with Crippen molar-refractivity contribution < 1.29 is 0 Å². The molecule has 0 saturated carbocycles. The molecular formula is C12H10N6. The van der Waals surface area contributed by atoms with Gasteiger partial charge in [0.15, 0.2) is 5.82 Å². The highest BCUT2D eigenvalue weighted by Crippen LogP contribution is 2.30. The molecule has 2 aromatic heterocycles. The van der Waals surface area contributed by atoms with Crippen LogP contribution >= 0.6 is 0 Å². The molecule has 0 saturated heterocycles. The number of nitrogens with two attached hydrogens (primary N) is 1. The molecule has 1 aliphatic rings. The van der Waals surface area contributed by atoms with E-state index < -0.39 is 0 Å². The van der Waals surface area contributed by atoms with E-state index in [9.17, 15) is 0 Å². The van der Waals surface area contributed by atoms with Crippen LogP contribution in [0, 0.1) is 0 Å². The third-order valence-corrected chi connectivity index (χ3v) is 3.16. The first-order valence-corrected chi connectivity index (χ1v) is 5.62. The fourth-order valence-electron chi connectivity index (χ4n) is 2.34. The summed E-state index contributed by atoms with van der Waals surface area (Å²) in [6, 6.07) is 5.78. The van der Waals surface area contributed by atoms with Gasteiger partial charge in [-0.3, -0.25) is 0 Å². The van der Waals surface area contributed by atoms with E-state index in [0.29, 0.717) is 6.54 Å². The molecule has 0 radical (unpaired) electrons. The fraction of sp³-hybridized carbons (Fsp3) is 0.0833. The Hall–Kier alpha value is -2.63. The van der Waals surface area contributed by atoms with Crippen molar-refractivity contribution in [1.82, 2.24) is 24.3 Å². The van der Waals surface area contributed by atoms with Gasteiger partial charge >= 0.3 is 0 Å². The molecule has 0 spiro atoms. The molecule has 1 aromatic carbocycles. The van der Waals surface area contributed by atoms with E-state index >= 15 is 0 Å². The summed E-state index contributed by atoms with van der Waals surface area (Å²) >= 11 is 0. The molecule has 3 heterocycles. The molecule has 18 heavy (non-hydrogen) atoms. The average Bonchev–Trinajstić information content (AvgIpc) is 2.97. The van der Waals surface area contributed by atoms with Gasteiger partial charge in [-0.15, -0.1) is 0 Å². The van der Waals surface area contributed by atoms with Crippen LogP contribution in [0.2, 0.25) is 0 Å². The molecule has 88 valence electrons. The number of nitrogen functional groups attached to an aromatic ring is 1. The van der Waals surface area contributed by atoms with E-state index in [1.807, 2.05) is 33.6 Å². The van der Waals surface area contributed by atoms with Crippen molar-refractivity contribution in [2.45, 2.75) is 6.54 Å². The highest BCUT2D eigenvalue weighted by atomic mass is 15.3. The van der Waals surface area contributed by atoms with Gasteiger partial charge in [0, 0.05) is 11.3 Å². The van der Waals surface area contributed by atoms with Crippen molar-refractivity contribution in [2.24, 2.45) is 0 Å². The summed E-state index contributed by atoms with van der Waals surface area (Å²) < 4.78 is 3.90. The summed E-state index contributed by atoms with van der Waals surface area (Å²) in [5.74, 6) is 0.855. The predicted molar refractivity (Wildman–Crippen MR) is 66.1 cm³/mol. The molecule has 0 unspecified atom stereocenters. The second-order valence-corrected chi connectivity index (χ2v) is 4.27. The molecular weight excluding hydrogens is 228 g/mol. The zero-order chi connectivity index (χ0) is 12.1. The zero-order valence-corrected chi connectivity index (χ0v) is 9.48. The van der Waals surface area contributed by atoms with Gasteiger partial charge in [-0.25, -0.2) is 14.6 Å². The second kappa shape index (κ2) is 3.19. The van der Waals surface area contributed by atoms with Gasteiger partial charge in [0.25, 0.3) is 0 Å². The smallest absolute Gasteiger partial charge is 0.160 e. The van der Waals surface area contributed by atoms with Gasteiger partial charge in [-0.1, -0.05) is 0 Å². The average molecular weight is 238 g/mol. The summed E-state index contributed by atoms with van der Waals surface area (Å²) in [6.07, 6.45) is 5.20. The SMILES string of the molecule is Nc1ccc2c(c1)-n1cncc1Cn1ncnc1-2. The highest BCUT2D eigenvalue weighted by molar-refractivity contribution is 5.72. The number of fused-ring (bicyclic) bond motifs is 5. The molecule has 0 bridgehead atoms. The lowest BCUT2D eigenvalue weighted by atomic mass is 10.1. The second-order valence-electron chi connectivity index (χ2n) is 4.27. The lowest BCUT2D eigenvalue weighted by Gasteiger charge is -2.08. The Morgan fingerprint density at radius 1 is 1.28 bits per heavy atom. The van der Waals surface area contributed by atoms with E-state index in [1.54, 1.807) is 12.7 Å². The van der Waals surface area contributed by atoms with Crippen molar-refractivity contribution >= 4 is 5.69 Å². The van der Waals surface area contributed by atoms with Gasteiger partial charge in [0.05, 0.1) is 30.5 Å². The minimum absolute atomic E-state index is 0.657. The normalized spacial score (nSPS) is 12.4. The maximum absolute atomic E-state index is 5.88. The molecule has 0 amide bonds. The van der Waals surface area contributed by atoms with Crippen molar-refractivity contribution in [3.63, 3.8) is 0 Å². The van der Waals surface area contributed by atoms with Crippen LogP contribution in [-0.4, -0.2) is 24.3 Å². The number of imidazole rings is 1. The summed E-state index contributed by atoms with van der Waals surface area (Å²) in [7, 11) is 0. The molecule has 0 aliphatic carbocycles. The number of nitrogens with zero attached hydrogens (tertiary/aromatic N) is 5. The first-order valence-electron chi connectivity index (χ1n) is 5.62. The number of benzene rings is 1. The van der Waals surface area contributed by atoms with Crippen LogP contribution in [-0.2, 0) is 6.54 Å². The largest absolute Gasteiger partial charge is 0.399 e. The van der Waals surface area contributed by atoms with E-state index in [-0.39, 0.29) is 0 Å². The maximum atomic E-state index is 5.88. The third kappa shape index (κ3) is 1.14. The number of anilines is 1. The number of aromatic nitrogens is 5. The minimum atomic E-state index is 0.657. The van der Waals surface area contributed by atoms with Crippen molar-refractivity contribution in [2.75, 3.05) is 5.73 Å². The van der Waals surface area contributed by atoms with Gasteiger partial charge in [-0.05, 0) is 18.2 Å². The number of hydrogen-bond acceptors (Lipinski definition) is 4. The third-order valence-electron chi connectivity index (χ3n) is 3.16. The Kier molecular flexibility index (Phi) is 1.67. The molecule has 1 aliphatic heterocycles. The lowest BCUT2D eigenvalue weighted by Crippen LogP contribution is -2.03. The molecule has 0 atom stereocenters. The van der Waals surface area contributed by atoms with Gasteiger partial charge in [0.1, 0.15) is 6.33 Å². The van der Waals surface area contributed by atoms with Gasteiger partial charge in [0.2, 0.25) is 0 Å². The Bertz CT molecular complexity index is 739. The number of rotatable bonds is 0. The molecule has 6 heteroatoms. The van der Waals surface area contributed by atoms with Crippen LogP contribution in [0.5, 0.6) is 0 Å². The topological polar surface area (TPSA) is 74.6 Å². The van der Waals surface area contributed by atoms with Crippen LogP contribution in [0.1, 0.15) is 5.69 Å². The first kappa shape index (κ1) is 9.41. The Labute approximate surface area is 103 Å². The lowest BCUT2D eigenvalue weighted by molar-refractivity contribution is 0.677. The monoisotopic (exact) mass is 238 g/mol. The van der Waals surface area contributed by atoms with E-state index in [4.69, 9.17) is 5.73 Å². The van der Waals surface area contributed by atoms with E-state index in [1.165, 1.54) is 0 Å².